The van der Waals surface area contributed by atoms with Crippen molar-refractivity contribution >= 4 is 39.1 Å². The van der Waals surface area contributed by atoms with Crippen molar-refractivity contribution < 1.29 is 13.9 Å². The molecule has 3 aromatic heterocycles. The normalized spacial score (nSPS) is 13.9. The fraction of sp³-hybridized carbons (Fsp3) is 0.174. The lowest BCUT2D eigenvalue weighted by Gasteiger charge is -2.27. The van der Waals surface area contributed by atoms with Crippen molar-refractivity contribution in [1.29, 1.82) is 5.41 Å². The molecule has 4 heterocycles. The van der Waals surface area contributed by atoms with Gasteiger partial charge in [-0.05, 0) is 12.1 Å². The number of morpholine rings is 1. The zero-order chi connectivity index (χ0) is 22.9. The number of aromatic nitrogens is 2. The van der Waals surface area contributed by atoms with Gasteiger partial charge in [0.2, 0.25) is 11.3 Å². The summed E-state index contributed by atoms with van der Waals surface area (Å²) in [6.45, 7) is 2.41. The number of nitrogens with two attached hydrogens (primary N) is 1. The molecule has 0 radical (unpaired) electrons. The van der Waals surface area contributed by atoms with Crippen molar-refractivity contribution in [3.8, 4) is 11.4 Å². The second-order valence-electron chi connectivity index (χ2n) is 7.41. The Bertz CT molecular complexity index is 1440. The predicted octanol–water partition coefficient (Wildman–Crippen LogP) is 2.66. The summed E-state index contributed by atoms with van der Waals surface area (Å²) in [5, 5.41) is 10.4. The zero-order valence-corrected chi connectivity index (χ0v) is 18.2. The topological polar surface area (TPSA) is 135 Å². The molecular weight excluding hydrogens is 442 g/mol. The number of fused-ring (bicyclic) bond motifs is 1. The van der Waals surface area contributed by atoms with Crippen molar-refractivity contribution in [2.75, 3.05) is 31.2 Å². The Hall–Kier alpha value is -3.89. The SMILES string of the molecule is N=C(c1ccnc(-c2csc3c(=O)cc(N4CCOCC4)oc23)n1)c1ccccc1C(N)=O. The number of carbonyl (C=O) groups is 1. The van der Waals surface area contributed by atoms with Gasteiger partial charge in [-0.1, -0.05) is 18.2 Å². The van der Waals surface area contributed by atoms with Crippen LogP contribution >= 0.6 is 11.3 Å². The number of primary amides is 1. The Morgan fingerprint density at radius 2 is 1.91 bits per heavy atom. The van der Waals surface area contributed by atoms with E-state index < -0.39 is 5.91 Å². The molecule has 1 aromatic carbocycles. The molecule has 0 unspecified atom stereocenters. The van der Waals surface area contributed by atoms with Crippen LogP contribution in [0.3, 0.4) is 0 Å². The molecule has 3 N–H and O–H groups in total. The van der Waals surface area contributed by atoms with Gasteiger partial charge in [-0.25, -0.2) is 9.97 Å². The average Bonchev–Trinajstić information content (AvgIpc) is 3.29. The lowest BCUT2D eigenvalue weighted by atomic mass is 10.0. The molecule has 5 rings (SSSR count). The number of hydrogen-bond acceptors (Lipinski definition) is 9. The van der Waals surface area contributed by atoms with Gasteiger partial charge in [-0.3, -0.25) is 15.0 Å². The molecule has 1 fully saturated rings. The van der Waals surface area contributed by atoms with Gasteiger partial charge in [0.1, 0.15) is 4.70 Å². The third-order valence-corrected chi connectivity index (χ3v) is 6.34. The van der Waals surface area contributed by atoms with E-state index in [0.29, 0.717) is 65.1 Å². The molecule has 1 aliphatic rings. The maximum Gasteiger partial charge on any atom is 0.249 e. The van der Waals surface area contributed by atoms with Crippen LogP contribution in [-0.4, -0.2) is 47.9 Å². The molecule has 166 valence electrons. The minimum absolute atomic E-state index is 0.0445. The van der Waals surface area contributed by atoms with E-state index in [0.717, 1.165) is 0 Å². The van der Waals surface area contributed by atoms with Crippen molar-refractivity contribution in [2.45, 2.75) is 0 Å². The predicted molar refractivity (Wildman–Crippen MR) is 125 cm³/mol. The number of rotatable bonds is 5. The standard InChI is InChI=1S/C23H19N5O4S/c24-19(13-3-1-2-4-14(13)22(25)30)16-5-6-26-23(27-16)15-12-33-21-17(29)11-18(32-20(15)21)28-7-9-31-10-8-28/h1-6,11-12,24H,7-10H2,(H2,25,30). The summed E-state index contributed by atoms with van der Waals surface area (Å²) in [7, 11) is 0. The maximum atomic E-state index is 12.7. The summed E-state index contributed by atoms with van der Waals surface area (Å²) in [5.41, 5.74) is 7.30. The molecule has 33 heavy (non-hydrogen) atoms. The van der Waals surface area contributed by atoms with E-state index >= 15 is 0 Å². The van der Waals surface area contributed by atoms with Crippen molar-refractivity contribution in [3.05, 3.63) is 75.0 Å². The molecule has 1 aliphatic heterocycles. The summed E-state index contributed by atoms with van der Waals surface area (Å²) in [4.78, 5) is 35.4. The Morgan fingerprint density at radius 3 is 2.67 bits per heavy atom. The molecule has 10 heteroatoms. The number of nitrogens with one attached hydrogen (secondary N) is 1. The second kappa shape index (κ2) is 8.57. The molecule has 4 aromatic rings. The minimum atomic E-state index is -0.620. The van der Waals surface area contributed by atoms with E-state index in [2.05, 4.69) is 9.97 Å². The van der Waals surface area contributed by atoms with E-state index in [1.165, 1.54) is 23.6 Å². The third-order valence-electron chi connectivity index (χ3n) is 5.37. The first-order valence-corrected chi connectivity index (χ1v) is 11.1. The molecule has 9 nitrogen and oxygen atoms in total. The quantitative estimate of drug-likeness (QED) is 0.436. The van der Waals surface area contributed by atoms with Gasteiger partial charge in [-0.2, -0.15) is 0 Å². The molecule has 0 aliphatic carbocycles. The highest BCUT2D eigenvalue weighted by Gasteiger charge is 2.21. The number of amides is 1. The Labute approximate surface area is 192 Å². The van der Waals surface area contributed by atoms with Crippen LogP contribution in [0.25, 0.3) is 21.7 Å². The lowest BCUT2D eigenvalue weighted by molar-refractivity contribution is 0.1000. The summed E-state index contributed by atoms with van der Waals surface area (Å²) in [5.74, 6) is 0.183. The molecule has 1 amide bonds. The van der Waals surface area contributed by atoms with E-state index in [1.807, 2.05) is 4.90 Å². The number of benzene rings is 1. The van der Waals surface area contributed by atoms with Crippen LogP contribution < -0.4 is 16.1 Å². The van der Waals surface area contributed by atoms with Crippen LogP contribution in [0.4, 0.5) is 5.88 Å². The van der Waals surface area contributed by atoms with E-state index in [-0.39, 0.29) is 16.7 Å². The molecule has 0 bridgehead atoms. The van der Waals surface area contributed by atoms with Crippen LogP contribution in [0, 0.1) is 5.41 Å². The summed E-state index contributed by atoms with van der Waals surface area (Å²) < 4.78 is 12.0. The summed E-state index contributed by atoms with van der Waals surface area (Å²) >= 11 is 1.26. The highest BCUT2D eigenvalue weighted by molar-refractivity contribution is 7.17. The van der Waals surface area contributed by atoms with Crippen LogP contribution in [-0.2, 0) is 4.74 Å². The van der Waals surface area contributed by atoms with Gasteiger partial charge in [0.05, 0.1) is 30.2 Å². The van der Waals surface area contributed by atoms with Crippen LogP contribution in [0.5, 0.6) is 0 Å². The minimum Gasteiger partial charge on any atom is -0.439 e. The van der Waals surface area contributed by atoms with Crippen molar-refractivity contribution in [2.24, 2.45) is 5.73 Å². The van der Waals surface area contributed by atoms with Gasteiger partial charge in [0.15, 0.2) is 17.3 Å². The molecule has 0 saturated carbocycles. The van der Waals surface area contributed by atoms with Crippen LogP contribution in [0.2, 0.25) is 0 Å². The average molecular weight is 462 g/mol. The number of ether oxygens (including phenoxy) is 1. The maximum absolute atomic E-state index is 12.7. The fourth-order valence-electron chi connectivity index (χ4n) is 3.71. The number of anilines is 1. The molecule has 0 atom stereocenters. The molecular formula is C23H19N5O4S. The van der Waals surface area contributed by atoms with Gasteiger partial charge in [0, 0.05) is 41.9 Å². The number of thiophene rings is 1. The van der Waals surface area contributed by atoms with Crippen LogP contribution in [0.1, 0.15) is 21.6 Å². The zero-order valence-electron chi connectivity index (χ0n) is 17.4. The lowest BCUT2D eigenvalue weighted by Crippen LogP contribution is -2.36. The summed E-state index contributed by atoms with van der Waals surface area (Å²) in [6, 6.07) is 9.73. The number of nitrogens with zero attached hydrogens (tertiary/aromatic N) is 3. The molecule has 1 saturated heterocycles. The van der Waals surface area contributed by atoms with Gasteiger partial charge in [-0.15, -0.1) is 11.3 Å². The first-order chi connectivity index (χ1) is 16.0. The number of carbonyl (C=O) groups excluding carboxylic acids is 1. The Morgan fingerprint density at radius 1 is 1.15 bits per heavy atom. The highest BCUT2D eigenvalue weighted by Crippen LogP contribution is 2.33. The first-order valence-electron chi connectivity index (χ1n) is 10.2. The fourth-order valence-corrected chi connectivity index (χ4v) is 4.59. The number of hydrogen-bond donors (Lipinski definition) is 2. The largest absolute Gasteiger partial charge is 0.439 e. The van der Waals surface area contributed by atoms with E-state index in [1.54, 1.807) is 35.7 Å². The monoisotopic (exact) mass is 461 g/mol. The first kappa shape index (κ1) is 21.0. The van der Waals surface area contributed by atoms with Crippen molar-refractivity contribution in [3.63, 3.8) is 0 Å². The third kappa shape index (κ3) is 3.90. The van der Waals surface area contributed by atoms with Crippen LogP contribution in [0.15, 0.2) is 57.2 Å². The Kier molecular flexibility index (Phi) is 5.45. The van der Waals surface area contributed by atoms with Crippen molar-refractivity contribution in [1.82, 2.24) is 9.97 Å². The van der Waals surface area contributed by atoms with Gasteiger partial charge < -0.3 is 19.8 Å². The van der Waals surface area contributed by atoms with Gasteiger partial charge >= 0.3 is 0 Å². The second-order valence-corrected chi connectivity index (χ2v) is 8.29. The smallest absolute Gasteiger partial charge is 0.249 e. The van der Waals surface area contributed by atoms with E-state index in [9.17, 15) is 9.59 Å². The summed E-state index contributed by atoms with van der Waals surface area (Å²) in [6.07, 6.45) is 1.53. The van der Waals surface area contributed by atoms with Gasteiger partial charge in [0.25, 0.3) is 0 Å². The highest BCUT2D eigenvalue weighted by atomic mass is 32.1. The Balaban J connectivity index is 1.57. The van der Waals surface area contributed by atoms with E-state index in [4.69, 9.17) is 20.3 Å². The molecule has 0 spiro atoms.